The van der Waals surface area contributed by atoms with Crippen LogP contribution in [0, 0.1) is 18.7 Å². The van der Waals surface area contributed by atoms with Gasteiger partial charge < -0.3 is 9.84 Å². The summed E-state index contributed by atoms with van der Waals surface area (Å²) in [4.78, 5) is 11.0. The number of hydrogen-bond acceptors (Lipinski definition) is 2. The number of benzene rings is 1. The van der Waals surface area contributed by atoms with E-state index in [1.807, 2.05) is 0 Å². The number of rotatable bonds is 5. The third-order valence-corrected chi connectivity index (χ3v) is 3.50. The van der Waals surface area contributed by atoms with E-state index >= 15 is 0 Å². The summed E-state index contributed by atoms with van der Waals surface area (Å²) in [6.07, 6.45) is 2.15. The molecule has 1 atom stereocenters. The van der Waals surface area contributed by atoms with Crippen LogP contribution in [0.2, 0.25) is 0 Å². The summed E-state index contributed by atoms with van der Waals surface area (Å²) in [7, 11) is 1.48. The van der Waals surface area contributed by atoms with E-state index in [9.17, 15) is 9.18 Å². The Morgan fingerprint density at radius 3 is 2.72 bits per heavy atom. The van der Waals surface area contributed by atoms with Gasteiger partial charge in [-0.25, -0.2) is 4.39 Å². The Balaban J connectivity index is 2.39. The van der Waals surface area contributed by atoms with Gasteiger partial charge in [-0.15, -0.1) is 0 Å². The average Bonchev–Trinajstić information content (AvgIpc) is 3.13. The van der Waals surface area contributed by atoms with Crippen molar-refractivity contribution in [2.45, 2.75) is 32.1 Å². The molecule has 0 amide bonds. The molecule has 18 heavy (non-hydrogen) atoms. The molecule has 1 saturated carbocycles. The smallest absolute Gasteiger partial charge is 0.303 e. The quantitative estimate of drug-likeness (QED) is 0.875. The lowest BCUT2D eigenvalue weighted by molar-refractivity contribution is -0.137. The molecule has 1 N–H and O–H groups in total. The van der Waals surface area contributed by atoms with Gasteiger partial charge in [0.1, 0.15) is 11.6 Å². The number of carbonyl (C=O) groups is 1. The van der Waals surface area contributed by atoms with Gasteiger partial charge in [0.05, 0.1) is 13.5 Å². The van der Waals surface area contributed by atoms with E-state index in [0.29, 0.717) is 17.2 Å². The van der Waals surface area contributed by atoms with Gasteiger partial charge in [-0.3, -0.25) is 4.79 Å². The highest BCUT2D eigenvalue weighted by Crippen LogP contribution is 2.47. The molecule has 0 aromatic heterocycles. The molecule has 98 valence electrons. The Morgan fingerprint density at radius 2 is 2.22 bits per heavy atom. The topological polar surface area (TPSA) is 46.5 Å². The van der Waals surface area contributed by atoms with Crippen molar-refractivity contribution in [1.82, 2.24) is 0 Å². The lowest BCUT2D eigenvalue weighted by Gasteiger charge is -2.19. The second-order valence-corrected chi connectivity index (χ2v) is 4.89. The van der Waals surface area contributed by atoms with Crippen molar-refractivity contribution in [3.8, 4) is 5.75 Å². The van der Waals surface area contributed by atoms with Crippen LogP contribution in [-0.4, -0.2) is 18.2 Å². The molecule has 4 heteroatoms. The van der Waals surface area contributed by atoms with Crippen molar-refractivity contribution >= 4 is 5.97 Å². The van der Waals surface area contributed by atoms with Gasteiger partial charge in [0, 0.05) is 12.0 Å². The summed E-state index contributed by atoms with van der Waals surface area (Å²) < 4.78 is 18.7. The second kappa shape index (κ2) is 4.96. The first-order valence-corrected chi connectivity index (χ1v) is 6.08. The molecule has 0 saturated heterocycles. The number of aliphatic carboxylic acids is 1. The summed E-state index contributed by atoms with van der Waals surface area (Å²) in [6.45, 7) is 1.68. The van der Waals surface area contributed by atoms with Crippen LogP contribution in [0.3, 0.4) is 0 Å². The van der Waals surface area contributed by atoms with Gasteiger partial charge in [-0.2, -0.15) is 0 Å². The summed E-state index contributed by atoms with van der Waals surface area (Å²) in [5, 5.41) is 8.99. The molecule has 1 aromatic carbocycles. The van der Waals surface area contributed by atoms with Crippen LogP contribution in [0.15, 0.2) is 12.1 Å². The van der Waals surface area contributed by atoms with Gasteiger partial charge in [0.25, 0.3) is 0 Å². The summed E-state index contributed by atoms with van der Waals surface area (Å²) in [5.41, 5.74) is 1.35. The molecule has 1 aliphatic rings. The Labute approximate surface area is 106 Å². The van der Waals surface area contributed by atoms with Crippen LogP contribution in [0.1, 0.15) is 36.3 Å². The fraction of sp³-hybridized carbons (Fsp3) is 0.500. The van der Waals surface area contributed by atoms with Crippen molar-refractivity contribution in [3.63, 3.8) is 0 Å². The maximum atomic E-state index is 13.5. The predicted octanol–water partition coefficient (Wildman–Crippen LogP) is 3.11. The molecular formula is C14H17FO3. The van der Waals surface area contributed by atoms with E-state index < -0.39 is 5.97 Å². The van der Waals surface area contributed by atoms with E-state index in [1.165, 1.54) is 13.2 Å². The van der Waals surface area contributed by atoms with Gasteiger partial charge in [-0.05, 0) is 42.9 Å². The molecule has 1 unspecified atom stereocenters. The largest absolute Gasteiger partial charge is 0.496 e. The number of ether oxygens (including phenoxy) is 1. The van der Waals surface area contributed by atoms with E-state index in [4.69, 9.17) is 9.84 Å². The molecule has 0 aliphatic heterocycles. The number of methoxy groups -OCH3 is 1. The molecule has 0 radical (unpaired) electrons. The zero-order valence-electron chi connectivity index (χ0n) is 10.6. The van der Waals surface area contributed by atoms with Crippen LogP contribution >= 0.6 is 0 Å². The first-order chi connectivity index (χ1) is 8.52. The lowest BCUT2D eigenvalue weighted by Crippen LogP contribution is -2.10. The average molecular weight is 252 g/mol. The molecular weight excluding hydrogens is 235 g/mol. The Kier molecular flexibility index (Phi) is 3.55. The van der Waals surface area contributed by atoms with Crippen molar-refractivity contribution in [2.75, 3.05) is 7.11 Å². The number of carboxylic acids is 1. The van der Waals surface area contributed by atoms with Crippen LogP contribution in [-0.2, 0) is 4.79 Å². The monoisotopic (exact) mass is 252 g/mol. The molecule has 2 rings (SSSR count). The summed E-state index contributed by atoms with van der Waals surface area (Å²) >= 11 is 0. The maximum absolute atomic E-state index is 13.5. The molecule has 1 fully saturated rings. The zero-order chi connectivity index (χ0) is 13.3. The van der Waals surface area contributed by atoms with E-state index in [-0.39, 0.29) is 18.2 Å². The van der Waals surface area contributed by atoms with Gasteiger partial charge in [0.2, 0.25) is 0 Å². The zero-order valence-corrected chi connectivity index (χ0v) is 10.6. The Hall–Kier alpha value is -1.58. The van der Waals surface area contributed by atoms with Crippen molar-refractivity contribution < 1.29 is 19.0 Å². The normalized spacial score (nSPS) is 16.4. The summed E-state index contributed by atoms with van der Waals surface area (Å²) in [5.74, 6) is -0.371. The first kappa shape index (κ1) is 12.9. The van der Waals surface area contributed by atoms with E-state index in [1.54, 1.807) is 13.0 Å². The predicted molar refractivity (Wildman–Crippen MR) is 65.4 cm³/mol. The lowest BCUT2D eigenvalue weighted by atomic mass is 9.89. The second-order valence-electron chi connectivity index (χ2n) is 4.89. The van der Waals surface area contributed by atoms with Crippen LogP contribution in [0.5, 0.6) is 5.75 Å². The Morgan fingerprint density at radius 1 is 1.56 bits per heavy atom. The molecule has 3 nitrogen and oxygen atoms in total. The van der Waals surface area contributed by atoms with E-state index in [2.05, 4.69) is 0 Å². The molecule has 0 spiro atoms. The molecule has 0 heterocycles. The van der Waals surface area contributed by atoms with Crippen molar-refractivity contribution in [2.24, 2.45) is 5.92 Å². The number of carboxylic acid groups (broad SMARTS) is 1. The highest BCUT2D eigenvalue weighted by Gasteiger charge is 2.35. The van der Waals surface area contributed by atoms with Gasteiger partial charge in [-0.1, -0.05) is 0 Å². The third-order valence-electron chi connectivity index (χ3n) is 3.50. The van der Waals surface area contributed by atoms with Crippen LogP contribution in [0.4, 0.5) is 4.39 Å². The van der Waals surface area contributed by atoms with Gasteiger partial charge in [0.15, 0.2) is 0 Å². The van der Waals surface area contributed by atoms with Gasteiger partial charge >= 0.3 is 5.97 Å². The highest BCUT2D eigenvalue weighted by molar-refractivity contribution is 5.68. The first-order valence-electron chi connectivity index (χ1n) is 6.08. The molecule has 1 aromatic rings. The van der Waals surface area contributed by atoms with Crippen LogP contribution in [0.25, 0.3) is 0 Å². The van der Waals surface area contributed by atoms with Crippen molar-refractivity contribution in [3.05, 3.63) is 29.1 Å². The minimum Gasteiger partial charge on any atom is -0.496 e. The fourth-order valence-electron chi connectivity index (χ4n) is 2.37. The minimum atomic E-state index is -0.823. The fourth-order valence-corrected chi connectivity index (χ4v) is 2.37. The number of aryl methyl sites for hydroxylation is 1. The number of hydrogen-bond donors (Lipinski definition) is 1. The molecule has 1 aliphatic carbocycles. The van der Waals surface area contributed by atoms with Crippen LogP contribution < -0.4 is 4.74 Å². The standard InChI is InChI=1S/C14H17FO3/c1-8-5-11(13(18-2)7-12(8)15)10(6-14(16)17)9-3-4-9/h5,7,9-10H,3-4,6H2,1-2H3,(H,16,17). The molecule has 0 bridgehead atoms. The summed E-state index contributed by atoms with van der Waals surface area (Å²) in [6, 6.07) is 3.07. The third kappa shape index (κ3) is 2.63. The van der Waals surface area contributed by atoms with E-state index in [0.717, 1.165) is 18.4 Å². The highest BCUT2D eigenvalue weighted by atomic mass is 19.1. The number of halogens is 1. The Bertz CT molecular complexity index is 466. The SMILES string of the molecule is COc1cc(F)c(C)cc1C(CC(=O)O)C1CC1. The minimum absolute atomic E-state index is 0.0725. The maximum Gasteiger partial charge on any atom is 0.303 e. The van der Waals surface area contributed by atoms with Crippen molar-refractivity contribution in [1.29, 1.82) is 0 Å².